The fourth-order valence-electron chi connectivity index (χ4n) is 2.18. The average Bonchev–Trinajstić information content (AvgIpc) is 2.46. The van der Waals surface area contributed by atoms with E-state index in [1.165, 1.54) is 21.0 Å². The largest absolute Gasteiger partial charge is 0.497 e. The van der Waals surface area contributed by atoms with E-state index < -0.39 is 17.9 Å². The third-order valence-corrected chi connectivity index (χ3v) is 3.12. The Labute approximate surface area is 129 Å². The fourth-order valence-corrected chi connectivity index (χ4v) is 2.18. The number of ketones is 1. The maximum absolute atomic E-state index is 12.1. The Bertz CT molecular complexity index is 555. The van der Waals surface area contributed by atoms with Gasteiger partial charge in [-0.2, -0.15) is 0 Å². The van der Waals surface area contributed by atoms with Gasteiger partial charge in [0, 0.05) is 6.92 Å². The van der Waals surface area contributed by atoms with E-state index in [-0.39, 0.29) is 18.3 Å². The molecule has 1 N–H and O–H groups in total. The second kappa shape index (κ2) is 8.17. The summed E-state index contributed by atoms with van der Waals surface area (Å²) in [5.41, 5.74) is 0.600. The molecule has 0 aliphatic carbocycles. The summed E-state index contributed by atoms with van der Waals surface area (Å²) in [5.74, 6) is -1.91. The first-order valence-corrected chi connectivity index (χ1v) is 6.98. The summed E-state index contributed by atoms with van der Waals surface area (Å²) in [7, 11) is 1.51. The number of esters is 1. The molecule has 0 aromatic heterocycles. The highest BCUT2D eigenvalue weighted by Gasteiger charge is 2.35. The van der Waals surface area contributed by atoms with Gasteiger partial charge in [0.25, 0.3) is 0 Å². The van der Waals surface area contributed by atoms with Crippen molar-refractivity contribution >= 4 is 17.7 Å². The van der Waals surface area contributed by atoms with E-state index in [2.05, 4.69) is 5.32 Å². The lowest BCUT2D eigenvalue weighted by molar-refractivity contribution is -0.152. The van der Waals surface area contributed by atoms with Crippen molar-refractivity contribution in [2.24, 2.45) is 5.92 Å². The number of rotatable bonds is 7. The van der Waals surface area contributed by atoms with Crippen LogP contribution < -0.4 is 10.1 Å². The summed E-state index contributed by atoms with van der Waals surface area (Å²) in [6.07, 6.45) is 0. The topological polar surface area (TPSA) is 81.7 Å². The first-order chi connectivity index (χ1) is 10.4. The number of methoxy groups -OCH3 is 1. The molecule has 1 aromatic carbocycles. The molecule has 120 valence electrons. The summed E-state index contributed by atoms with van der Waals surface area (Å²) in [6, 6.07) is 6.06. The number of hydrogen-bond acceptors (Lipinski definition) is 5. The van der Waals surface area contributed by atoms with E-state index >= 15 is 0 Å². The molecule has 1 amide bonds. The molecule has 0 aliphatic rings. The number of amides is 1. The molecule has 0 radical (unpaired) electrons. The van der Waals surface area contributed by atoms with Crippen molar-refractivity contribution in [1.29, 1.82) is 0 Å². The lowest BCUT2D eigenvalue weighted by Crippen LogP contribution is -2.40. The number of carbonyl (C=O) groups excluding carboxylic acids is 3. The second-order valence-corrected chi connectivity index (χ2v) is 4.80. The molecule has 1 aromatic rings. The van der Waals surface area contributed by atoms with Gasteiger partial charge in [-0.05, 0) is 31.5 Å². The molecule has 2 atom stereocenters. The number of ether oxygens (including phenoxy) is 2. The van der Waals surface area contributed by atoms with Crippen molar-refractivity contribution in [2.75, 3.05) is 13.7 Å². The first kappa shape index (κ1) is 17.7. The van der Waals surface area contributed by atoms with Gasteiger partial charge in [-0.15, -0.1) is 0 Å². The number of benzene rings is 1. The minimum absolute atomic E-state index is 0.160. The normalized spacial score (nSPS) is 12.9. The van der Waals surface area contributed by atoms with Gasteiger partial charge in [0.05, 0.1) is 19.8 Å². The molecule has 0 fully saturated rings. The summed E-state index contributed by atoms with van der Waals surface area (Å²) in [5, 5.41) is 2.65. The maximum atomic E-state index is 12.1. The zero-order valence-corrected chi connectivity index (χ0v) is 13.2. The lowest BCUT2D eigenvalue weighted by Gasteiger charge is -2.25. The zero-order valence-electron chi connectivity index (χ0n) is 13.2. The quantitative estimate of drug-likeness (QED) is 0.612. The van der Waals surface area contributed by atoms with Crippen LogP contribution in [0.15, 0.2) is 24.3 Å². The number of carbonyl (C=O) groups is 3. The van der Waals surface area contributed by atoms with Gasteiger partial charge in [-0.3, -0.25) is 14.4 Å². The van der Waals surface area contributed by atoms with E-state index in [0.29, 0.717) is 11.3 Å². The number of nitrogens with one attached hydrogen (secondary N) is 1. The fraction of sp³-hybridized carbons (Fsp3) is 0.438. The van der Waals surface area contributed by atoms with Gasteiger partial charge in [0.2, 0.25) is 5.91 Å². The van der Waals surface area contributed by atoms with Crippen LogP contribution in [0.2, 0.25) is 0 Å². The summed E-state index contributed by atoms with van der Waals surface area (Å²) >= 11 is 0. The van der Waals surface area contributed by atoms with Crippen LogP contribution in [0.5, 0.6) is 5.75 Å². The average molecular weight is 307 g/mol. The molecule has 0 bridgehead atoms. The van der Waals surface area contributed by atoms with Gasteiger partial charge >= 0.3 is 5.97 Å². The molecule has 1 rings (SSSR count). The van der Waals surface area contributed by atoms with Crippen LogP contribution in [0.1, 0.15) is 32.4 Å². The highest BCUT2D eigenvalue weighted by atomic mass is 16.5. The number of Topliss-reactive ketones (excluding diaryl/α,β-unsaturated/α-hetero) is 1. The monoisotopic (exact) mass is 307 g/mol. The highest BCUT2D eigenvalue weighted by Crippen LogP contribution is 2.27. The summed E-state index contributed by atoms with van der Waals surface area (Å²) < 4.78 is 10.1. The van der Waals surface area contributed by atoms with E-state index in [1.807, 2.05) is 0 Å². The van der Waals surface area contributed by atoms with Gasteiger partial charge in [0.15, 0.2) is 0 Å². The molecule has 2 unspecified atom stereocenters. The van der Waals surface area contributed by atoms with Crippen molar-refractivity contribution in [1.82, 2.24) is 5.32 Å². The minimum Gasteiger partial charge on any atom is -0.497 e. The van der Waals surface area contributed by atoms with Crippen LogP contribution in [0.4, 0.5) is 0 Å². The Hall–Kier alpha value is -2.37. The highest BCUT2D eigenvalue weighted by molar-refractivity contribution is 5.99. The van der Waals surface area contributed by atoms with Crippen LogP contribution in [-0.2, 0) is 19.1 Å². The Balaban J connectivity index is 3.26. The van der Waals surface area contributed by atoms with Crippen molar-refractivity contribution in [3.8, 4) is 5.75 Å². The molecule has 6 heteroatoms. The molecule has 6 nitrogen and oxygen atoms in total. The van der Waals surface area contributed by atoms with Gasteiger partial charge in [-0.1, -0.05) is 12.1 Å². The molecule has 0 heterocycles. The van der Waals surface area contributed by atoms with E-state index in [0.717, 1.165) is 0 Å². The third kappa shape index (κ3) is 4.58. The number of hydrogen-bond donors (Lipinski definition) is 1. The Morgan fingerprint density at radius 2 is 1.91 bits per heavy atom. The Morgan fingerprint density at radius 1 is 1.23 bits per heavy atom. The summed E-state index contributed by atoms with van der Waals surface area (Å²) in [4.78, 5) is 35.5. The van der Waals surface area contributed by atoms with Crippen LogP contribution in [0, 0.1) is 5.92 Å². The minimum atomic E-state index is -1.10. The lowest BCUT2D eigenvalue weighted by atomic mass is 9.89. The molecule has 0 aliphatic heterocycles. The molecule has 22 heavy (non-hydrogen) atoms. The van der Waals surface area contributed by atoms with Crippen LogP contribution in [0.3, 0.4) is 0 Å². The van der Waals surface area contributed by atoms with Gasteiger partial charge in [-0.25, -0.2) is 0 Å². The Morgan fingerprint density at radius 3 is 2.41 bits per heavy atom. The van der Waals surface area contributed by atoms with Crippen molar-refractivity contribution in [2.45, 2.75) is 26.8 Å². The first-order valence-electron chi connectivity index (χ1n) is 6.98. The van der Waals surface area contributed by atoms with Crippen molar-refractivity contribution in [3.63, 3.8) is 0 Å². The summed E-state index contributed by atoms with van der Waals surface area (Å²) in [6.45, 7) is 4.45. The smallest absolute Gasteiger partial charge is 0.318 e. The second-order valence-electron chi connectivity index (χ2n) is 4.80. The van der Waals surface area contributed by atoms with Crippen molar-refractivity contribution < 1.29 is 23.9 Å². The SMILES string of the molecule is CCOC(=O)C(C(C)=O)C(NC(C)=O)c1cccc(OC)c1. The third-order valence-electron chi connectivity index (χ3n) is 3.12. The molecule has 0 saturated heterocycles. The van der Waals surface area contributed by atoms with E-state index in [4.69, 9.17) is 9.47 Å². The van der Waals surface area contributed by atoms with Crippen LogP contribution in [-0.4, -0.2) is 31.4 Å². The standard InChI is InChI=1S/C16H21NO5/c1-5-22-16(20)14(10(2)18)15(17-11(3)19)12-7-6-8-13(9-12)21-4/h6-9,14-15H,5H2,1-4H3,(H,17,19). The van der Waals surface area contributed by atoms with Crippen LogP contribution in [0.25, 0.3) is 0 Å². The Kier molecular flexibility index (Phi) is 6.56. The molecular formula is C16H21NO5. The maximum Gasteiger partial charge on any atom is 0.318 e. The predicted octanol–water partition coefficient (Wildman–Crippen LogP) is 1.64. The van der Waals surface area contributed by atoms with Crippen LogP contribution >= 0.6 is 0 Å². The molecular weight excluding hydrogens is 286 g/mol. The van der Waals surface area contributed by atoms with Crippen molar-refractivity contribution in [3.05, 3.63) is 29.8 Å². The van der Waals surface area contributed by atoms with E-state index in [1.54, 1.807) is 31.2 Å². The zero-order chi connectivity index (χ0) is 16.7. The van der Waals surface area contributed by atoms with Gasteiger partial charge in [0.1, 0.15) is 17.5 Å². The predicted molar refractivity (Wildman–Crippen MR) is 80.4 cm³/mol. The van der Waals surface area contributed by atoms with Gasteiger partial charge < -0.3 is 14.8 Å². The van der Waals surface area contributed by atoms with E-state index in [9.17, 15) is 14.4 Å². The molecule has 0 spiro atoms. The molecule has 0 saturated carbocycles.